The van der Waals surface area contributed by atoms with Gasteiger partial charge >= 0.3 is 6.18 Å². The Labute approximate surface area is 124 Å². The average molecular weight is 299 g/mol. The third-order valence-electron chi connectivity index (χ3n) is 5.57. The summed E-state index contributed by atoms with van der Waals surface area (Å²) >= 11 is 0. The lowest BCUT2D eigenvalue weighted by Gasteiger charge is -2.54. The highest BCUT2D eigenvalue weighted by molar-refractivity contribution is 5.34. The van der Waals surface area contributed by atoms with Crippen LogP contribution in [0, 0.1) is 16.7 Å². The van der Waals surface area contributed by atoms with E-state index in [1.165, 1.54) is 12.8 Å². The number of alkyl halides is 3. The van der Waals surface area contributed by atoms with Crippen LogP contribution in [-0.2, 0) is 0 Å². The van der Waals surface area contributed by atoms with Gasteiger partial charge in [-0.15, -0.1) is 0 Å². The van der Waals surface area contributed by atoms with E-state index in [9.17, 15) is 13.2 Å². The zero-order valence-electron chi connectivity index (χ0n) is 12.6. The molecule has 0 bridgehead atoms. The van der Waals surface area contributed by atoms with Crippen molar-refractivity contribution in [3.63, 3.8) is 0 Å². The highest BCUT2D eigenvalue weighted by atomic mass is 19.4. The van der Waals surface area contributed by atoms with Gasteiger partial charge in [-0.2, -0.15) is 13.2 Å². The van der Waals surface area contributed by atoms with E-state index >= 15 is 0 Å². The molecule has 0 unspecified atom stereocenters. The summed E-state index contributed by atoms with van der Waals surface area (Å²) in [5.41, 5.74) is -0.473. The molecule has 2 saturated carbocycles. The summed E-state index contributed by atoms with van der Waals surface area (Å²) in [7, 11) is 0. The Balaban J connectivity index is 1.55. The van der Waals surface area contributed by atoms with Crippen molar-refractivity contribution < 1.29 is 13.2 Å². The van der Waals surface area contributed by atoms with E-state index in [1.54, 1.807) is 19.1 Å². The van der Waals surface area contributed by atoms with E-state index in [2.05, 4.69) is 5.32 Å². The van der Waals surface area contributed by atoms with Crippen LogP contribution in [0.2, 0.25) is 0 Å². The lowest BCUT2D eigenvalue weighted by atomic mass is 9.57. The Morgan fingerprint density at radius 3 is 2.33 bits per heavy atom. The van der Waals surface area contributed by atoms with Crippen LogP contribution in [0.3, 0.4) is 0 Å². The van der Waals surface area contributed by atoms with Gasteiger partial charge in [-0.1, -0.05) is 18.2 Å². The van der Waals surface area contributed by atoms with Gasteiger partial charge in [0.1, 0.15) is 0 Å². The van der Waals surface area contributed by atoms with E-state index in [1.807, 2.05) is 6.08 Å². The average Bonchev–Trinajstić information content (AvgIpc) is 3.08. The Morgan fingerprint density at radius 2 is 1.90 bits per heavy atom. The molecule has 3 aliphatic rings. The molecule has 3 rings (SSSR count). The van der Waals surface area contributed by atoms with Gasteiger partial charge < -0.3 is 5.32 Å². The molecule has 4 heteroatoms. The maximum absolute atomic E-state index is 13.2. The second-order valence-corrected chi connectivity index (χ2v) is 7.19. The fourth-order valence-corrected chi connectivity index (χ4v) is 4.07. The van der Waals surface area contributed by atoms with Crippen molar-refractivity contribution in [1.82, 2.24) is 5.32 Å². The molecule has 1 spiro atoms. The molecular weight excluding hydrogens is 275 g/mol. The summed E-state index contributed by atoms with van der Waals surface area (Å²) in [4.78, 5) is 0. The largest absolute Gasteiger partial charge is 0.398 e. The van der Waals surface area contributed by atoms with E-state index in [0.717, 1.165) is 31.8 Å². The second-order valence-electron chi connectivity index (χ2n) is 7.19. The van der Waals surface area contributed by atoms with Gasteiger partial charge in [0, 0.05) is 13.1 Å². The van der Waals surface area contributed by atoms with Crippen LogP contribution in [0.15, 0.2) is 23.8 Å². The molecule has 0 aromatic rings. The summed E-state index contributed by atoms with van der Waals surface area (Å²) in [6.45, 7) is 4.07. The Morgan fingerprint density at radius 1 is 1.24 bits per heavy atom. The lowest BCUT2D eigenvalue weighted by molar-refractivity contribution is -0.174. The van der Waals surface area contributed by atoms with Crippen LogP contribution >= 0.6 is 0 Å². The van der Waals surface area contributed by atoms with Crippen molar-refractivity contribution in [2.75, 3.05) is 13.1 Å². The molecule has 3 fully saturated rings. The van der Waals surface area contributed by atoms with E-state index in [4.69, 9.17) is 0 Å². The molecular formula is C17H24F3N. The SMILES string of the molecule is C/C=C\C(=C/CCC1CC2(CNC2)C1)C1(C(F)(F)F)CC1. The summed E-state index contributed by atoms with van der Waals surface area (Å²) in [5.74, 6) is 0.719. The quantitative estimate of drug-likeness (QED) is 0.731. The zero-order chi connectivity index (χ0) is 15.1. The number of halogens is 3. The van der Waals surface area contributed by atoms with Crippen molar-refractivity contribution in [1.29, 1.82) is 0 Å². The van der Waals surface area contributed by atoms with Crippen molar-refractivity contribution >= 4 is 0 Å². The molecule has 0 atom stereocenters. The molecule has 0 aromatic carbocycles. The van der Waals surface area contributed by atoms with Crippen molar-refractivity contribution in [2.24, 2.45) is 16.7 Å². The van der Waals surface area contributed by atoms with Crippen molar-refractivity contribution in [2.45, 2.75) is 51.6 Å². The third-order valence-corrected chi connectivity index (χ3v) is 5.57. The van der Waals surface area contributed by atoms with E-state index in [0.29, 0.717) is 11.0 Å². The first-order valence-electron chi connectivity index (χ1n) is 8.02. The number of allylic oxidation sites excluding steroid dienone is 4. The lowest BCUT2D eigenvalue weighted by Crippen LogP contribution is -2.60. The van der Waals surface area contributed by atoms with Crippen LogP contribution < -0.4 is 5.32 Å². The Bertz CT molecular complexity index is 445. The minimum absolute atomic E-state index is 0.255. The van der Waals surface area contributed by atoms with Gasteiger partial charge in [0.15, 0.2) is 0 Å². The molecule has 0 radical (unpaired) electrons. The molecule has 1 heterocycles. The summed E-state index contributed by atoms with van der Waals surface area (Å²) in [6, 6.07) is 0. The Hall–Kier alpha value is -0.770. The number of hydrogen-bond donors (Lipinski definition) is 1. The fraction of sp³-hybridized carbons (Fsp3) is 0.765. The molecule has 0 amide bonds. The van der Waals surface area contributed by atoms with Gasteiger partial charge in [-0.25, -0.2) is 0 Å². The summed E-state index contributed by atoms with van der Waals surface area (Å²) < 4.78 is 39.6. The minimum atomic E-state index is -4.10. The Kier molecular flexibility index (Phi) is 3.71. The van der Waals surface area contributed by atoms with E-state index in [-0.39, 0.29) is 12.8 Å². The number of hydrogen-bond acceptors (Lipinski definition) is 1. The molecule has 1 saturated heterocycles. The zero-order valence-corrected chi connectivity index (χ0v) is 12.6. The third kappa shape index (κ3) is 2.67. The normalized spacial score (nSPS) is 27.7. The number of nitrogens with one attached hydrogen (secondary N) is 1. The minimum Gasteiger partial charge on any atom is -0.316 e. The van der Waals surface area contributed by atoms with Crippen LogP contribution in [0.1, 0.15) is 45.4 Å². The molecule has 21 heavy (non-hydrogen) atoms. The number of rotatable bonds is 5. The van der Waals surface area contributed by atoms with Gasteiger partial charge in [-0.05, 0) is 62.4 Å². The van der Waals surface area contributed by atoms with Gasteiger partial charge in [0.05, 0.1) is 5.41 Å². The van der Waals surface area contributed by atoms with Crippen molar-refractivity contribution in [3.8, 4) is 0 Å². The topological polar surface area (TPSA) is 12.0 Å². The first-order chi connectivity index (χ1) is 9.91. The molecule has 1 N–H and O–H groups in total. The van der Waals surface area contributed by atoms with Gasteiger partial charge in [0.2, 0.25) is 0 Å². The highest BCUT2D eigenvalue weighted by Gasteiger charge is 2.64. The van der Waals surface area contributed by atoms with Crippen LogP contribution in [-0.4, -0.2) is 19.3 Å². The predicted octanol–water partition coefficient (Wildman–Crippen LogP) is 4.61. The fourth-order valence-electron chi connectivity index (χ4n) is 4.07. The smallest absolute Gasteiger partial charge is 0.316 e. The van der Waals surface area contributed by atoms with Gasteiger partial charge in [-0.3, -0.25) is 0 Å². The molecule has 118 valence electrons. The first kappa shape index (κ1) is 15.1. The van der Waals surface area contributed by atoms with Crippen LogP contribution in [0.25, 0.3) is 0 Å². The first-order valence-corrected chi connectivity index (χ1v) is 8.02. The molecule has 1 aliphatic heterocycles. The monoisotopic (exact) mass is 299 g/mol. The molecule has 0 aromatic heterocycles. The molecule has 1 nitrogen and oxygen atoms in total. The van der Waals surface area contributed by atoms with Crippen molar-refractivity contribution in [3.05, 3.63) is 23.8 Å². The second kappa shape index (κ2) is 5.15. The maximum atomic E-state index is 13.2. The maximum Gasteiger partial charge on any atom is 0.398 e. The molecule has 2 aliphatic carbocycles. The summed E-state index contributed by atoms with van der Waals surface area (Å²) in [5, 5.41) is 3.31. The summed E-state index contributed by atoms with van der Waals surface area (Å²) in [6.07, 6.45) is 6.00. The predicted molar refractivity (Wildman–Crippen MR) is 77.9 cm³/mol. The van der Waals surface area contributed by atoms with Crippen LogP contribution in [0.4, 0.5) is 13.2 Å². The van der Waals surface area contributed by atoms with Gasteiger partial charge in [0.25, 0.3) is 0 Å². The standard InChI is InChI=1S/C17H24F3N/c1-2-4-14(16(7-8-16)17(18,19)20)6-3-5-13-9-15(10-13)11-21-12-15/h2,4,6,13,21H,3,5,7-12H2,1H3/b4-2-,14-6+. The van der Waals surface area contributed by atoms with E-state index < -0.39 is 11.6 Å². The highest BCUT2D eigenvalue weighted by Crippen LogP contribution is 2.62. The van der Waals surface area contributed by atoms with Crippen LogP contribution in [0.5, 0.6) is 0 Å².